The number of imide groups is 2. The van der Waals surface area contributed by atoms with E-state index in [4.69, 9.17) is 42.5 Å². The highest BCUT2D eigenvalue weighted by Gasteiger charge is 2.36. The van der Waals surface area contributed by atoms with E-state index in [1.165, 1.54) is 30.3 Å². The highest BCUT2D eigenvalue weighted by Crippen LogP contribution is 2.35. The van der Waals surface area contributed by atoms with Crippen LogP contribution in [0.15, 0.2) is 60.2 Å². The van der Waals surface area contributed by atoms with E-state index in [2.05, 4.69) is 5.32 Å². The first-order chi connectivity index (χ1) is 20.6. The summed E-state index contributed by atoms with van der Waals surface area (Å²) >= 11 is 12.6. The molecule has 0 atom stereocenters. The summed E-state index contributed by atoms with van der Waals surface area (Å²) in [6, 6.07) is 13.2. The molecular formula is C31H28Cl2N2O8. The fraction of sp³-hybridized carbons (Fsp3) is 0.226. The van der Waals surface area contributed by atoms with Crippen LogP contribution in [0.5, 0.6) is 17.2 Å². The molecule has 10 nitrogen and oxygen atoms in total. The van der Waals surface area contributed by atoms with Gasteiger partial charge in [-0.3, -0.25) is 19.8 Å². The van der Waals surface area contributed by atoms with Gasteiger partial charge in [0.05, 0.1) is 30.3 Å². The van der Waals surface area contributed by atoms with Crippen LogP contribution < -0.4 is 19.5 Å². The molecular weight excluding hydrogens is 599 g/mol. The van der Waals surface area contributed by atoms with Crippen molar-refractivity contribution in [2.45, 2.75) is 33.4 Å². The molecule has 0 radical (unpaired) electrons. The number of hydrogen-bond donors (Lipinski definition) is 2. The molecule has 1 aliphatic heterocycles. The van der Waals surface area contributed by atoms with Gasteiger partial charge in [0.25, 0.3) is 11.8 Å². The minimum absolute atomic E-state index is 0.00229. The number of nitrogens with zero attached hydrogens (tertiary/aromatic N) is 1. The van der Waals surface area contributed by atoms with Gasteiger partial charge in [-0.2, -0.15) is 0 Å². The summed E-state index contributed by atoms with van der Waals surface area (Å²) in [6.45, 7) is 4.55. The Balaban J connectivity index is 1.61. The molecule has 0 aliphatic carbocycles. The first-order valence-electron chi connectivity index (χ1n) is 13.3. The molecule has 3 aromatic rings. The summed E-state index contributed by atoms with van der Waals surface area (Å²) in [6.07, 6.45) is 2.06. The molecule has 0 saturated carbocycles. The van der Waals surface area contributed by atoms with Crippen LogP contribution in [0.1, 0.15) is 47.3 Å². The number of rotatable bonds is 12. The quantitative estimate of drug-likeness (QED) is 0.181. The van der Waals surface area contributed by atoms with Crippen LogP contribution in [-0.2, 0) is 22.7 Å². The van der Waals surface area contributed by atoms with E-state index >= 15 is 0 Å². The van der Waals surface area contributed by atoms with Crippen LogP contribution in [0.25, 0.3) is 6.08 Å². The van der Waals surface area contributed by atoms with Crippen molar-refractivity contribution in [3.05, 3.63) is 92.5 Å². The van der Waals surface area contributed by atoms with Crippen molar-refractivity contribution in [1.82, 2.24) is 10.2 Å². The van der Waals surface area contributed by atoms with Gasteiger partial charge in [-0.15, -0.1) is 0 Å². The Labute approximate surface area is 257 Å². The maximum atomic E-state index is 13.5. The van der Waals surface area contributed by atoms with E-state index in [-0.39, 0.29) is 45.6 Å². The first kappa shape index (κ1) is 31.4. The smallest absolute Gasteiger partial charge is 0.335 e. The summed E-state index contributed by atoms with van der Waals surface area (Å²) in [5.74, 6) is -1.63. The molecule has 0 spiro atoms. The fourth-order valence-corrected chi connectivity index (χ4v) is 4.73. The Morgan fingerprint density at radius 1 is 0.930 bits per heavy atom. The zero-order valence-corrected chi connectivity index (χ0v) is 24.8. The number of carbonyl (C=O) groups excluding carboxylic acids is 3. The number of ether oxygens (including phenoxy) is 3. The van der Waals surface area contributed by atoms with Crippen LogP contribution in [0.3, 0.4) is 0 Å². The SMILES string of the molecule is CCCOc1ccc(CN2C(=O)NC(=O)/C(=C\c3cc(Cl)cc(Cl)c3OCc3ccc(C(=O)O)cc3)C2=O)cc1OCC. The zero-order valence-electron chi connectivity index (χ0n) is 23.3. The van der Waals surface area contributed by atoms with Crippen LogP contribution >= 0.6 is 23.2 Å². The van der Waals surface area contributed by atoms with E-state index in [1.807, 2.05) is 13.8 Å². The minimum atomic E-state index is -1.06. The molecule has 12 heteroatoms. The van der Waals surface area contributed by atoms with E-state index in [0.717, 1.165) is 11.3 Å². The van der Waals surface area contributed by atoms with Crippen molar-refractivity contribution >= 4 is 53.1 Å². The number of amides is 4. The third-order valence-electron chi connectivity index (χ3n) is 6.22. The molecule has 224 valence electrons. The van der Waals surface area contributed by atoms with Gasteiger partial charge in [0.2, 0.25) is 0 Å². The molecule has 0 unspecified atom stereocenters. The number of carboxylic acid groups (broad SMARTS) is 1. The predicted octanol–water partition coefficient (Wildman–Crippen LogP) is 6.12. The van der Waals surface area contributed by atoms with Crippen LogP contribution in [0, 0.1) is 0 Å². The third kappa shape index (κ3) is 7.65. The van der Waals surface area contributed by atoms with Gasteiger partial charge >= 0.3 is 12.0 Å². The van der Waals surface area contributed by atoms with Gasteiger partial charge in [-0.1, -0.05) is 48.3 Å². The van der Waals surface area contributed by atoms with Crippen molar-refractivity contribution in [3.63, 3.8) is 0 Å². The molecule has 1 aliphatic rings. The predicted molar refractivity (Wildman–Crippen MR) is 160 cm³/mol. The highest BCUT2D eigenvalue weighted by atomic mass is 35.5. The lowest BCUT2D eigenvalue weighted by molar-refractivity contribution is -0.130. The Kier molecular flexibility index (Phi) is 10.3. The van der Waals surface area contributed by atoms with Crippen LogP contribution in [-0.4, -0.2) is 47.0 Å². The van der Waals surface area contributed by atoms with E-state index < -0.39 is 23.8 Å². The summed E-state index contributed by atoms with van der Waals surface area (Å²) in [5, 5.41) is 11.6. The average molecular weight is 627 g/mol. The number of urea groups is 1. The number of barbiturate groups is 1. The second-order valence-electron chi connectivity index (χ2n) is 9.37. The van der Waals surface area contributed by atoms with Gasteiger partial charge in [-0.25, -0.2) is 9.59 Å². The topological polar surface area (TPSA) is 131 Å². The Morgan fingerprint density at radius 3 is 2.33 bits per heavy atom. The number of hydrogen-bond acceptors (Lipinski definition) is 7. The zero-order chi connectivity index (χ0) is 31.1. The van der Waals surface area contributed by atoms with Crippen molar-refractivity contribution in [3.8, 4) is 17.2 Å². The molecule has 0 aromatic heterocycles. The Hall–Kier alpha value is -4.54. The second-order valence-corrected chi connectivity index (χ2v) is 10.2. The fourth-order valence-electron chi connectivity index (χ4n) is 4.16. The standard InChI is InChI=1S/C31H28Cl2N2O8/c1-3-11-42-25-10-7-19(12-26(25)41-4-2)16-35-29(37)23(28(36)34-31(35)40)14-21-13-22(32)15-24(33)27(21)43-17-18-5-8-20(9-6-18)30(38)39/h5-10,12-15H,3-4,11,16-17H2,1-2H3,(H,38,39)(H,34,36,40)/b23-14+. The van der Waals surface area contributed by atoms with Gasteiger partial charge in [0.1, 0.15) is 17.9 Å². The molecule has 3 aromatic carbocycles. The average Bonchev–Trinajstić information content (AvgIpc) is 2.96. The number of benzene rings is 3. The van der Waals surface area contributed by atoms with Crippen LogP contribution in [0.2, 0.25) is 10.0 Å². The minimum Gasteiger partial charge on any atom is -0.490 e. The molecule has 43 heavy (non-hydrogen) atoms. The number of carbonyl (C=O) groups is 4. The molecule has 2 N–H and O–H groups in total. The first-order valence-corrected chi connectivity index (χ1v) is 14.1. The molecule has 1 saturated heterocycles. The lowest BCUT2D eigenvalue weighted by Gasteiger charge is -2.27. The highest BCUT2D eigenvalue weighted by molar-refractivity contribution is 6.36. The summed E-state index contributed by atoms with van der Waals surface area (Å²) in [7, 11) is 0. The molecule has 4 rings (SSSR count). The van der Waals surface area contributed by atoms with E-state index in [0.29, 0.717) is 35.8 Å². The summed E-state index contributed by atoms with van der Waals surface area (Å²) in [4.78, 5) is 51.1. The lowest BCUT2D eigenvalue weighted by atomic mass is 10.1. The lowest BCUT2D eigenvalue weighted by Crippen LogP contribution is -2.53. The second kappa shape index (κ2) is 14.1. The maximum Gasteiger partial charge on any atom is 0.335 e. The summed E-state index contributed by atoms with van der Waals surface area (Å²) in [5.41, 5.74) is 1.24. The van der Waals surface area contributed by atoms with Crippen molar-refractivity contribution in [2.75, 3.05) is 13.2 Å². The monoisotopic (exact) mass is 626 g/mol. The number of aromatic carboxylic acids is 1. The van der Waals surface area contributed by atoms with E-state index in [9.17, 15) is 19.2 Å². The van der Waals surface area contributed by atoms with Crippen molar-refractivity contribution < 1.29 is 38.5 Å². The normalized spacial score (nSPS) is 14.1. The summed E-state index contributed by atoms with van der Waals surface area (Å²) < 4.78 is 17.3. The number of halogens is 2. The van der Waals surface area contributed by atoms with Gasteiger partial charge in [0.15, 0.2) is 11.5 Å². The Bertz CT molecular complexity index is 1590. The van der Waals surface area contributed by atoms with Gasteiger partial charge in [0, 0.05) is 10.6 Å². The van der Waals surface area contributed by atoms with Crippen molar-refractivity contribution in [1.29, 1.82) is 0 Å². The molecule has 1 fully saturated rings. The number of nitrogens with one attached hydrogen (secondary N) is 1. The maximum absolute atomic E-state index is 13.5. The molecule has 0 bridgehead atoms. The third-order valence-corrected chi connectivity index (χ3v) is 6.72. The van der Waals surface area contributed by atoms with Crippen LogP contribution in [0.4, 0.5) is 4.79 Å². The molecule has 1 heterocycles. The van der Waals surface area contributed by atoms with E-state index in [1.54, 1.807) is 30.3 Å². The Morgan fingerprint density at radius 2 is 1.65 bits per heavy atom. The van der Waals surface area contributed by atoms with Crippen molar-refractivity contribution in [2.24, 2.45) is 0 Å². The number of carboxylic acids is 1. The van der Waals surface area contributed by atoms with Gasteiger partial charge < -0.3 is 19.3 Å². The van der Waals surface area contributed by atoms with Gasteiger partial charge in [-0.05, 0) is 66.9 Å². The molecule has 4 amide bonds. The largest absolute Gasteiger partial charge is 0.490 e.